The summed E-state index contributed by atoms with van der Waals surface area (Å²) in [7, 11) is 0. The highest BCUT2D eigenvalue weighted by molar-refractivity contribution is 8.00. The van der Waals surface area contributed by atoms with Gasteiger partial charge in [-0.3, -0.25) is 0 Å². The molecule has 1 aliphatic heterocycles. The minimum Gasteiger partial charge on any atom is -0.490 e. The molecule has 1 aliphatic rings. The van der Waals surface area contributed by atoms with E-state index < -0.39 is 0 Å². The van der Waals surface area contributed by atoms with Crippen molar-refractivity contribution in [3.63, 3.8) is 0 Å². The maximum Gasteiger partial charge on any atom is 0.122 e. The molecule has 2 aromatic carbocycles. The van der Waals surface area contributed by atoms with Gasteiger partial charge in [-0.2, -0.15) is 0 Å². The minimum atomic E-state index is 0.552. The average Bonchev–Trinajstić information content (AvgIpc) is 3.07. The van der Waals surface area contributed by atoms with Gasteiger partial charge in [0.05, 0.1) is 0 Å². The molecule has 0 aliphatic carbocycles. The SMILES string of the molecule is c1ccc(OCCOc2ccc(CC3CNCS3)cc2)cc1. The highest BCUT2D eigenvalue weighted by Crippen LogP contribution is 2.21. The Balaban J connectivity index is 1.39. The maximum absolute atomic E-state index is 5.71. The first-order chi connectivity index (χ1) is 10.9. The number of hydrogen-bond donors (Lipinski definition) is 1. The van der Waals surface area contributed by atoms with E-state index in [0.29, 0.717) is 18.5 Å². The summed E-state index contributed by atoms with van der Waals surface area (Å²) in [4.78, 5) is 0. The highest BCUT2D eigenvalue weighted by Gasteiger charge is 2.15. The summed E-state index contributed by atoms with van der Waals surface area (Å²) in [6.45, 7) is 2.21. The Hall–Kier alpha value is -1.65. The number of rotatable bonds is 7. The van der Waals surface area contributed by atoms with Gasteiger partial charge in [-0.15, -0.1) is 11.8 Å². The van der Waals surface area contributed by atoms with Gasteiger partial charge in [-0.05, 0) is 36.2 Å². The van der Waals surface area contributed by atoms with Crippen LogP contribution in [0.4, 0.5) is 0 Å². The first kappa shape index (κ1) is 15.3. The van der Waals surface area contributed by atoms with Crippen LogP contribution in [0.2, 0.25) is 0 Å². The predicted molar refractivity (Wildman–Crippen MR) is 91.8 cm³/mol. The first-order valence-corrected chi connectivity index (χ1v) is 8.67. The second-order valence-corrected chi connectivity index (χ2v) is 6.53. The third kappa shape index (κ3) is 4.68. The van der Waals surface area contributed by atoms with Crippen LogP contribution in [0.3, 0.4) is 0 Å². The van der Waals surface area contributed by atoms with Crippen molar-refractivity contribution in [1.82, 2.24) is 5.32 Å². The number of hydrogen-bond acceptors (Lipinski definition) is 4. The van der Waals surface area contributed by atoms with E-state index in [1.807, 2.05) is 54.2 Å². The molecule has 0 bridgehead atoms. The molecule has 0 saturated carbocycles. The van der Waals surface area contributed by atoms with Gasteiger partial charge < -0.3 is 14.8 Å². The Labute approximate surface area is 136 Å². The first-order valence-electron chi connectivity index (χ1n) is 7.62. The van der Waals surface area contributed by atoms with E-state index in [4.69, 9.17) is 9.47 Å². The molecule has 1 unspecified atom stereocenters. The summed E-state index contributed by atoms with van der Waals surface area (Å²) in [6.07, 6.45) is 1.12. The van der Waals surface area contributed by atoms with Gasteiger partial charge in [0, 0.05) is 17.7 Å². The Morgan fingerprint density at radius 3 is 2.23 bits per heavy atom. The molecule has 1 N–H and O–H groups in total. The molecule has 0 spiro atoms. The third-order valence-corrected chi connectivity index (χ3v) is 4.72. The van der Waals surface area contributed by atoms with E-state index in [-0.39, 0.29) is 0 Å². The van der Waals surface area contributed by atoms with Crippen LogP contribution in [0.1, 0.15) is 5.56 Å². The molecular formula is C18H21NO2S. The molecule has 1 atom stereocenters. The summed E-state index contributed by atoms with van der Waals surface area (Å²) in [5.74, 6) is 2.86. The molecule has 3 nitrogen and oxygen atoms in total. The molecule has 0 radical (unpaired) electrons. The lowest BCUT2D eigenvalue weighted by molar-refractivity contribution is 0.217. The second kappa shape index (κ2) is 8.11. The molecule has 22 heavy (non-hydrogen) atoms. The van der Waals surface area contributed by atoms with Gasteiger partial charge in [0.1, 0.15) is 24.7 Å². The quantitative estimate of drug-likeness (QED) is 0.794. The van der Waals surface area contributed by atoms with E-state index in [1.54, 1.807) is 0 Å². The highest BCUT2D eigenvalue weighted by atomic mass is 32.2. The fourth-order valence-electron chi connectivity index (χ4n) is 2.41. The molecule has 1 heterocycles. The number of thioether (sulfide) groups is 1. The van der Waals surface area contributed by atoms with Crippen LogP contribution in [0.15, 0.2) is 54.6 Å². The van der Waals surface area contributed by atoms with E-state index in [9.17, 15) is 0 Å². The lowest BCUT2D eigenvalue weighted by Gasteiger charge is -2.10. The Morgan fingerprint density at radius 2 is 1.59 bits per heavy atom. The normalized spacial score (nSPS) is 17.4. The molecule has 1 saturated heterocycles. The van der Waals surface area contributed by atoms with Gasteiger partial charge in [0.25, 0.3) is 0 Å². The number of benzene rings is 2. The number of para-hydroxylation sites is 1. The van der Waals surface area contributed by atoms with Gasteiger partial charge >= 0.3 is 0 Å². The monoisotopic (exact) mass is 315 g/mol. The Kier molecular flexibility index (Phi) is 5.62. The average molecular weight is 315 g/mol. The number of nitrogens with one attached hydrogen (secondary N) is 1. The summed E-state index contributed by atoms with van der Waals surface area (Å²) in [5, 5.41) is 4.08. The summed E-state index contributed by atoms with van der Waals surface area (Å²) < 4.78 is 11.3. The predicted octanol–water partition coefficient (Wildman–Crippen LogP) is 3.35. The van der Waals surface area contributed by atoms with Gasteiger partial charge in [-0.1, -0.05) is 30.3 Å². The van der Waals surface area contributed by atoms with E-state index >= 15 is 0 Å². The summed E-state index contributed by atoms with van der Waals surface area (Å²) in [6, 6.07) is 18.2. The van der Waals surface area contributed by atoms with Crippen LogP contribution in [0.25, 0.3) is 0 Å². The van der Waals surface area contributed by atoms with E-state index in [0.717, 1.165) is 30.3 Å². The molecule has 3 rings (SSSR count). The van der Waals surface area contributed by atoms with Crippen molar-refractivity contribution in [1.29, 1.82) is 0 Å². The zero-order chi connectivity index (χ0) is 15.0. The van der Waals surface area contributed by atoms with Gasteiger partial charge in [0.15, 0.2) is 0 Å². The Bertz CT molecular complexity index is 553. The minimum absolute atomic E-state index is 0.552. The van der Waals surface area contributed by atoms with Crippen molar-refractivity contribution in [3.8, 4) is 11.5 Å². The molecule has 1 fully saturated rings. The standard InChI is InChI=1S/C18H21NO2S/c1-2-4-16(5-3-1)20-10-11-21-17-8-6-15(7-9-17)12-18-13-19-14-22-18/h1-9,18-19H,10-14H2. The fraction of sp³-hybridized carbons (Fsp3) is 0.333. The third-order valence-electron chi connectivity index (χ3n) is 3.54. The van der Waals surface area contributed by atoms with Crippen LogP contribution in [-0.2, 0) is 6.42 Å². The van der Waals surface area contributed by atoms with E-state index in [1.165, 1.54) is 5.56 Å². The lowest BCUT2D eigenvalue weighted by Crippen LogP contribution is -2.14. The van der Waals surface area contributed by atoms with Crippen LogP contribution >= 0.6 is 11.8 Å². The number of ether oxygens (including phenoxy) is 2. The smallest absolute Gasteiger partial charge is 0.122 e. The van der Waals surface area contributed by atoms with Crippen molar-refractivity contribution < 1.29 is 9.47 Å². The largest absolute Gasteiger partial charge is 0.490 e. The van der Waals surface area contributed by atoms with Crippen molar-refractivity contribution in [2.75, 3.05) is 25.6 Å². The molecule has 116 valence electrons. The van der Waals surface area contributed by atoms with Crippen LogP contribution in [-0.4, -0.2) is 30.9 Å². The Morgan fingerprint density at radius 1 is 0.909 bits per heavy atom. The second-order valence-electron chi connectivity index (χ2n) is 5.25. The molecule has 2 aromatic rings. The fourth-order valence-corrected chi connectivity index (χ4v) is 3.42. The zero-order valence-electron chi connectivity index (χ0n) is 12.5. The molecular weight excluding hydrogens is 294 g/mol. The topological polar surface area (TPSA) is 30.5 Å². The van der Waals surface area contributed by atoms with Crippen molar-refractivity contribution in [2.24, 2.45) is 0 Å². The summed E-state index contributed by atoms with van der Waals surface area (Å²) >= 11 is 2.00. The molecule has 0 amide bonds. The van der Waals surface area contributed by atoms with Gasteiger partial charge in [0.2, 0.25) is 0 Å². The zero-order valence-corrected chi connectivity index (χ0v) is 13.4. The van der Waals surface area contributed by atoms with Crippen molar-refractivity contribution >= 4 is 11.8 Å². The van der Waals surface area contributed by atoms with E-state index in [2.05, 4.69) is 17.4 Å². The van der Waals surface area contributed by atoms with Crippen LogP contribution in [0, 0.1) is 0 Å². The molecule has 4 heteroatoms. The maximum atomic E-state index is 5.71. The van der Waals surface area contributed by atoms with Crippen molar-refractivity contribution in [2.45, 2.75) is 11.7 Å². The molecule has 0 aromatic heterocycles. The van der Waals surface area contributed by atoms with Crippen molar-refractivity contribution in [3.05, 3.63) is 60.2 Å². The summed E-state index contributed by atoms with van der Waals surface area (Å²) in [5.41, 5.74) is 1.37. The van der Waals surface area contributed by atoms with Crippen LogP contribution < -0.4 is 14.8 Å². The lowest BCUT2D eigenvalue weighted by atomic mass is 10.1. The van der Waals surface area contributed by atoms with Crippen LogP contribution in [0.5, 0.6) is 11.5 Å². The van der Waals surface area contributed by atoms with Gasteiger partial charge in [-0.25, -0.2) is 0 Å².